The predicted octanol–water partition coefficient (Wildman–Crippen LogP) is 2.88. The molecule has 3 atom stereocenters. The molecule has 1 unspecified atom stereocenters. The molecule has 2 aliphatic rings. The van der Waals surface area contributed by atoms with Gasteiger partial charge in [0, 0.05) is 50.8 Å². The molecule has 4 heterocycles. The van der Waals surface area contributed by atoms with Gasteiger partial charge in [-0.3, -0.25) is 0 Å². The third kappa shape index (κ3) is 3.69. The van der Waals surface area contributed by atoms with E-state index in [2.05, 4.69) is 58.3 Å². The summed E-state index contributed by atoms with van der Waals surface area (Å²) in [6.07, 6.45) is 8.20. The Morgan fingerprint density at radius 1 is 0.920 bits per heavy atom. The second kappa shape index (κ2) is 7.30. The molecule has 2 aliphatic heterocycles. The molecule has 4 heteroatoms. The maximum atomic E-state index is 2.63. The van der Waals surface area contributed by atoms with Crippen LogP contribution in [-0.4, -0.2) is 30.7 Å². The summed E-state index contributed by atoms with van der Waals surface area (Å²) < 4.78 is 1.26. The van der Waals surface area contributed by atoms with Crippen molar-refractivity contribution in [3.05, 3.63) is 49.9 Å². The quantitative estimate of drug-likeness (QED) is 0.647. The topological polar surface area (TPSA) is 0 Å². The molecule has 0 N–H and O–H groups in total. The monoisotopic (exact) mass is 437 g/mol. The van der Waals surface area contributed by atoms with Gasteiger partial charge < -0.3 is 21.5 Å². The van der Waals surface area contributed by atoms with Crippen LogP contribution < -0.4 is 17.0 Å². The molecular weight excluding hydrogens is 410 g/mol. The Balaban J connectivity index is 0.00000182. The Morgan fingerprint density at radius 3 is 1.80 bits per heavy atom. The summed E-state index contributed by atoms with van der Waals surface area (Å²) in [6, 6.07) is 10.9. The van der Waals surface area contributed by atoms with Crippen molar-refractivity contribution in [2.45, 2.75) is 51.6 Å². The first-order chi connectivity index (χ1) is 11.4. The van der Waals surface area contributed by atoms with Crippen molar-refractivity contribution in [2.75, 3.05) is 14.1 Å². The Morgan fingerprint density at radius 2 is 1.40 bits per heavy atom. The van der Waals surface area contributed by atoms with Crippen LogP contribution >= 0.6 is 22.7 Å². The lowest BCUT2D eigenvalue weighted by atomic mass is 9.87. The molecule has 0 spiro atoms. The zero-order valence-corrected chi connectivity index (χ0v) is 18.8. The lowest BCUT2D eigenvalue weighted by Crippen LogP contribution is -3.00. The van der Waals surface area contributed by atoms with Crippen LogP contribution in [0.5, 0.6) is 0 Å². The summed E-state index contributed by atoms with van der Waals surface area (Å²) in [7, 11) is 4.91. The van der Waals surface area contributed by atoms with Gasteiger partial charge in [-0.1, -0.05) is 6.08 Å². The lowest BCUT2D eigenvalue weighted by molar-refractivity contribution is -0.931. The van der Waals surface area contributed by atoms with E-state index in [1.165, 1.54) is 55.2 Å². The van der Waals surface area contributed by atoms with Crippen molar-refractivity contribution in [1.29, 1.82) is 0 Å². The molecule has 2 bridgehead atoms. The highest BCUT2D eigenvalue weighted by atomic mass is 79.9. The Bertz CT molecular complexity index is 712. The highest BCUT2D eigenvalue weighted by Gasteiger charge is 2.48. The SMILES string of the molecule is Cc1ccc(C(=CC2C[C@H]3CC[C@@H](C2)[N+]3(C)C)c2ccc(C)s2)s1.[Br-]. The summed E-state index contributed by atoms with van der Waals surface area (Å²) in [5, 5.41) is 0. The van der Waals surface area contributed by atoms with E-state index in [-0.39, 0.29) is 17.0 Å². The van der Waals surface area contributed by atoms with Gasteiger partial charge in [0.05, 0.1) is 26.2 Å². The molecule has 2 aromatic heterocycles. The van der Waals surface area contributed by atoms with Crippen LogP contribution in [0, 0.1) is 19.8 Å². The van der Waals surface area contributed by atoms with Crippen molar-refractivity contribution in [3.63, 3.8) is 0 Å². The number of fused-ring (bicyclic) bond motifs is 2. The van der Waals surface area contributed by atoms with Crippen molar-refractivity contribution < 1.29 is 21.5 Å². The molecule has 0 radical (unpaired) electrons. The minimum absolute atomic E-state index is 0. The van der Waals surface area contributed by atoms with E-state index in [9.17, 15) is 0 Å². The van der Waals surface area contributed by atoms with Gasteiger partial charge in [0.25, 0.3) is 0 Å². The van der Waals surface area contributed by atoms with Gasteiger partial charge in [-0.2, -0.15) is 0 Å². The third-order valence-corrected chi connectivity index (χ3v) is 8.35. The van der Waals surface area contributed by atoms with Crippen molar-refractivity contribution >= 4 is 28.2 Å². The summed E-state index contributed by atoms with van der Waals surface area (Å²) in [4.78, 5) is 5.71. The van der Waals surface area contributed by atoms with E-state index in [0.29, 0.717) is 0 Å². The van der Waals surface area contributed by atoms with Gasteiger partial charge in [0.1, 0.15) is 0 Å². The second-order valence-electron chi connectivity index (χ2n) is 8.15. The number of rotatable bonds is 3. The van der Waals surface area contributed by atoms with Gasteiger partial charge in [-0.25, -0.2) is 0 Å². The fraction of sp³-hybridized carbons (Fsp3) is 0.524. The predicted molar refractivity (Wildman–Crippen MR) is 107 cm³/mol. The van der Waals surface area contributed by atoms with Gasteiger partial charge in [0.2, 0.25) is 0 Å². The Hall–Kier alpha value is -0.420. The van der Waals surface area contributed by atoms with E-state index in [0.717, 1.165) is 18.0 Å². The fourth-order valence-corrected chi connectivity index (χ4v) is 6.62. The maximum absolute atomic E-state index is 2.63. The first kappa shape index (κ1) is 19.3. The summed E-state index contributed by atoms with van der Waals surface area (Å²) in [5.74, 6) is 0.744. The van der Waals surface area contributed by atoms with Crippen LogP contribution in [0.15, 0.2) is 30.3 Å². The van der Waals surface area contributed by atoms with E-state index >= 15 is 0 Å². The average Bonchev–Trinajstić information content (AvgIpc) is 3.15. The minimum Gasteiger partial charge on any atom is -1.00 e. The van der Waals surface area contributed by atoms with Gasteiger partial charge in [-0.05, 0) is 44.0 Å². The van der Waals surface area contributed by atoms with Gasteiger partial charge >= 0.3 is 0 Å². The number of halogens is 1. The molecule has 2 aromatic rings. The van der Waals surface area contributed by atoms with Crippen LogP contribution in [0.3, 0.4) is 0 Å². The second-order valence-corrected chi connectivity index (χ2v) is 10.7. The summed E-state index contributed by atoms with van der Waals surface area (Å²) >= 11 is 3.88. The summed E-state index contributed by atoms with van der Waals surface area (Å²) in [5.41, 5.74) is 1.49. The number of hydrogen-bond donors (Lipinski definition) is 0. The van der Waals surface area contributed by atoms with Crippen LogP contribution in [0.1, 0.15) is 45.2 Å². The molecule has 0 aliphatic carbocycles. The molecule has 0 saturated carbocycles. The van der Waals surface area contributed by atoms with Crippen molar-refractivity contribution in [1.82, 2.24) is 0 Å². The van der Waals surface area contributed by atoms with Crippen LogP contribution in [-0.2, 0) is 0 Å². The number of allylic oxidation sites excluding steroid dienone is 1. The zero-order chi connectivity index (χ0) is 16.9. The largest absolute Gasteiger partial charge is 1.00 e. The molecule has 25 heavy (non-hydrogen) atoms. The van der Waals surface area contributed by atoms with E-state index in [1.807, 2.05) is 22.7 Å². The van der Waals surface area contributed by atoms with E-state index in [4.69, 9.17) is 0 Å². The first-order valence-electron chi connectivity index (χ1n) is 9.12. The highest BCUT2D eigenvalue weighted by Crippen LogP contribution is 2.44. The Labute approximate surface area is 170 Å². The minimum atomic E-state index is 0. The smallest absolute Gasteiger partial charge is 0.0896 e. The lowest BCUT2D eigenvalue weighted by Gasteiger charge is -2.43. The number of thiophene rings is 2. The molecule has 4 rings (SSSR count). The van der Waals surface area contributed by atoms with Crippen molar-refractivity contribution in [2.24, 2.45) is 5.92 Å². The molecule has 2 fully saturated rings. The van der Waals surface area contributed by atoms with Gasteiger partial charge in [0.15, 0.2) is 0 Å². The maximum Gasteiger partial charge on any atom is 0.0896 e. The molecular formula is C21H28BrNS2. The number of piperidine rings is 1. The Kier molecular flexibility index (Phi) is 5.65. The molecule has 0 aromatic carbocycles. The number of nitrogens with zero attached hydrogens (tertiary/aromatic N) is 1. The highest BCUT2D eigenvalue weighted by molar-refractivity contribution is 7.15. The number of aryl methyl sites for hydroxylation is 2. The fourth-order valence-electron chi connectivity index (χ4n) is 4.74. The molecule has 0 amide bonds. The normalized spacial score (nSPS) is 27.0. The van der Waals surface area contributed by atoms with E-state index in [1.54, 1.807) is 0 Å². The number of hydrogen-bond acceptors (Lipinski definition) is 2. The van der Waals surface area contributed by atoms with Crippen LogP contribution in [0.4, 0.5) is 0 Å². The van der Waals surface area contributed by atoms with Crippen molar-refractivity contribution in [3.8, 4) is 0 Å². The third-order valence-electron chi connectivity index (χ3n) is 6.28. The van der Waals surface area contributed by atoms with E-state index < -0.39 is 0 Å². The first-order valence-corrected chi connectivity index (χ1v) is 10.8. The molecule has 136 valence electrons. The molecule has 2 saturated heterocycles. The molecule has 1 nitrogen and oxygen atoms in total. The van der Waals surface area contributed by atoms with Gasteiger partial charge in [-0.15, -0.1) is 22.7 Å². The van der Waals surface area contributed by atoms with Crippen LogP contribution in [0.25, 0.3) is 5.57 Å². The number of quaternary nitrogens is 1. The summed E-state index contributed by atoms with van der Waals surface area (Å²) in [6.45, 7) is 4.43. The zero-order valence-electron chi connectivity index (χ0n) is 15.6. The average molecular weight is 438 g/mol. The van der Waals surface area contributed by atoms with Crippen LogP contribution in [0.2, 0.25) is 0 Å². The standard InChI is InChI=1S/C21H28NS2.BrH/c1-14-5-9-20(23-14)19(21-10-6-15(2)24-21)13-16-11-17-7-8-18(12-16)22(17,3)4;/h5-6,9-10,13,16-18H,7-8,11-12H2,1-4H3;1H/q+1;/p-1/t16?,17-,18+;.